The number of imidazole rings is 1. The lowest BCUT2D eigenvalue weighted by Crippen LogP contribution is -2.25. The van der Waals surface area contributed by atoms with Crippen LogP contribution in [0.4, 0.5) is 5.82 Å². The Morgan fingerprint density at radius 2 is 2.35 bits per heavy atom. The molecular formula is C9H10N6O3S2. The summed E-state index contributed by atoms with van der Waals surface area (Å²) in [5.74, 6) is 5.81. The zero-order valence-corrected chi connectivity index (χ0v) is 11.6. The predicted octanol–water partition coefficient (Wildman–Crippen LogP) is 0.148. The Balaban J connectivity index is 1.97. The molecule has 3 heterocycles. The van der Waals surface area contributed by atoms with Gasteiger partial charge in [0.1, 0.15) is 0 Å². The molecule has 0 atom stereocenters. The first-order valence-electron chi connectivity index (χ1n) is 5.43. The Morgan fingerprint density at radius 1 is 1.50 bits per heavy atom. The zero-order chi connectivity index (χ0) is 14.2. The van der Waals surface area contributed by atoms with Crippen molar-refractivity contribution in [1.82, 2.24) is 19.3 Å². The minimum Gasteiger partial charge on any atom is -0.360 e. The van der Waals surface area contributed by atoms with Crippen LogP contribution in [0.25, 0.3) is 4.96 Å². The van der Waals surface area contributed by atoms with Gasteiger partial charge in [-0.1, -0.05) is 5.16 Å². The summed E-state index contributed by atoms with van der Waals surface area (Å²) in [4.78, 5) is 4.62. The lowest BCUT2D eigenvalue weighted by molar-refractivity contribution is 0.380. The second-order valence-corrected chi connectivity index (χ2v) is 6.32. The predicted molar refractivity (Wildman–Crippen MR) is 71.4 cm³/mol. The van der Waals surface area contributed by atoms with E-state index in [9.17, 15) is 8.42 Å². The van der Waals surface area contributed by atoms with Crippen LogP contribution < -0.4 is 16.0 Å². The molecule has 3 aromatic heterocycles. The Bertz CT molecular complexity index is 819. The van der Waals surface area contributed by atoms with Crippen LogP contribution in [-0.2, 0) is 16.6 Å². The van der Waals surface area contributed by atoms with Gasteiger partial charge < -0.3 is 9.95 Å². The molecule has 0 aliphatic heterocycles. The molecule has 0 radical (unpaired) electrons. The molecule has 0 saturated carbocycles. The highest BCUT2D eigenvalue weighted by atomic mass is 32.2. The van der Waals surface area contributed by atoms with Crippen LogP contribution in [0.15, 0.2) is 33.4 Å². The lowest BCUT2D eigenvalue weighted by atomic mass is 10.5. The first-order valence-corrected chi connectivity index (χ1v) is 7.79. The monoisotopic (exact) mass is 314 g/mol. The minimum absolute atomic E-state index is 0.0102. The number of hydrazine groups is 1. The quantitative estimate of drug-likeness (QED) is 0.451. The van der Waals surface area contributed by atoms with Crippen LogP contribution in [0, 0.1) is 0 Å². The molecule has 0 aromatic carbocycles. The first kappa shape index (κ1) is 13.1. The van der Waals surface area contributed by atoms with E-state index in [1.54, 1.807) is 17.6 Å². The summed E-state index contributed by atoms with van der Waals surface area (Å²) >= 11 is 1.31. The van der Waals surface area contributed by atoms with Gasteiger partial charge in [0, 0.05) is 17.6 Å². The van der Waals surface area contributed by atoms with Crippen molar-refractivity contribution in [1.29, 1.82) is 0 Å². The molecule has 0 aliphatic rings. The normalized spacial score (nSPS) is 12.1. The van der Waals surface area contributed by atoms with E-state index in [4.69, 9.17) is 10.4 Å². The van der Waals surface area contributed by atoms with Crippen molar-refractivity contribution in [3.05, 3.63) is 29.6 Å². The molecule has 0 unspecified atom stereocenters. The fourth-order valence-corrected chi connectivity index (χ4v) is 3.69. The van der Waals surface area contributed by atoms with E-state index in [0.717, 1.165) is 0 Å². The van der Waals surface area contributed by atoms with Crippen molar-refractivity contribution in [2.24, 2.45) is 5.84 Å². The number of fused-ring (bicyclic) bond motifs is 1. The number of nitrogen functional groups attached to an aromatic ring is 1. The number of hydrogen-bond donors (Lipinski definition) is 3. The molecule has 0 amide bonds. The molecule has 9 nitrogen and oxygen atoms in total. The smallest absolute Gasteiger partial charge is 0.260 e. The van der Waals surface area contributed by atoms with Crippen LogP contribution in [0.2, 0.25) is 0 Å². The molecule has 3 aromatic rings. The highest BCUT2D eigenvalue weighted by Gasteiger charge is 2.25. The summed E-state index contributed by atoms with van der Waals surface area (Å²) < 4.78 is 33.4. The number of rotatable bonds is 5. The number of nitrogens with zero attached hydrogens (tertiary/aromatic N) is 3. The van der Waals surface area contributed by atoms with Gasteiger partial charge in [0.2, 0.25) is 5.03 Å². The maximum Gasteiger partial charge on any atom is 0.260 e. The highest BCUT2D eigenvalue weighted by molar-refractivity contribution is 7.89. The van der Waals surface area contributed by atoms with E-state index in [1.807, 2.05) is 0 Å². The number of thiazole rings is 1. The van der Waals surface area contributed by atoms with Gasteiger partial charge in [0.15, 0.2) is 16.5 Å². The molecule has 20 heavy (non-hydrogen) atoms. The Hall–Kier alpha value is -1.95. The molecule has 3 rings (SSSR count). The van der Waals surface area contributed by atoms with E-state index >= 15 is 0 Å². The molecule has 0 saturated heterocycles. The van der Waals surface area contributed by atoms with Crippen LogP contribution >= 0.6 is 11.3 Å². The van der Waals surface area contributed by atoms with E-state index in [-0.39, 0.29) is 17.4 Å². The van der Waals surface area contributed by atoms with Crippen LogP contribution in [-0.4, -0.2) is 23.0 Å². The maximum atomic E-state index is 12.4. The summed E-state index contributed by atoms with van der Waals surface area (Å²) in [6, 6.07) is 1.57. The van der Waals surface area contributed by atoms with E-state index in [0.29, 0.717) is 10.7 Å². The van der Waals surface area contributed by atoms with Gasteiger partial charge in [-0.3, -0.25) is 4.40 Å². The van der Waals surface area contributed by atoms with Gasteiger partial charge in [-0.2, -0.15) is 4.98 Å². The number of sulfonamides is 1. The number of anilines is 1. The summed E-state index contributed by atoms with van der Waals surface area (Å²) in [6.45, 7) is -0.0102. The third-order valence-corrected chi connectivity index (χ3v) is 4.72. The van der Waals surface area contributed by atoms with Crippen LogP contribution in [0.5, 0.6) is 0 Å². The van der Waals surface area contributed by atoms with Gasteiger partial charge in [0.25, 0.3) is 10.0 Å². The van der Waals surface area contributed by atoms with Gasteiger partial charge in [-0.25, -0.2) is 19.0 Å². The standard InChI is InChI=1S/C9H10N6O3S2/c10-14-7-8(15-3-4-19-9(15)13-7)20(16,17)12-5-6-1-2-11-18-6/h1-4,12,14H,5,10H2. The van der Waals surface area contributed by atoms with Crippen LogP contribution in [0.1, 0.15) is 5.76 Å². The molecule has 11 heteroatoms. The summed E-state index contributed by atoms with van der Waals surface area (Å²) in [7, 11) is -3.81. The van der Waals surface area contributed by atoms with Gasteiger partial charge >= 0.3 is 0 Å². The van der Waals surface area contributed by atoms with Crippen molar-refractivity contribution in [3.63, 3.8) is 0 Å². The maximum absolute atomic E-state index is 12.4. The first-order chi connectivity index (χ1) is 9.62. The average Bonchev–Trinajstić information content (AvgIpc) is 3.11. The minimum atomic E-state index is -3.81. The second kappa shape index (κ2) is 4.86. The van der Waals surface area contributed by atoms with Crippen molar-refractivity contribution in [2.75, 3.05) is 5.43 Å². The van der Waals surface area contributed by atoms with Gasteiger partial charge in [-0.15, -0.1) is 11.3 Å². The van der Waals surface area contributed by atoms with Crippen molar-refractivity contribution >= 4 is 32.1 Å². The summed E-state index contributed by atoms with van der Waals surface area (Å²) in [5, 5.41) is 5.19. The summed E-state index contributed by atoms with van der Waals surface area (Å²) in [6.07, 6.45) is 3.04. The van der Waals surface area contributed by atoms with E-state index in [2.05, 4.69) is 20.3 Å². The Morgan fingerprint density at radius 3 is 3.05 bits per heavy atom. The average molecular weight is 314 g/mol. The van der Waals surface area contributed by atoms with E-state index < -0.39 is 10.0 Å². The molecule has 0 fully saturated rings. The van der Waals surface area contributed by atoms with Gasteiger partial charge in [0.05, 0.1) is 12.7 Å². The van der Waals surface area contributed by atoms with E-state index in [1.165, 1.54) is 21.9 Å². The third kappa shape index (κ3) is 2.16. The molecule has 0 spiro atoms. The molecule has 4 N–H and O–H groups in total. The Labute approximate surface area is 117 Å². The van der Waals surface area contributed by atoms with Gasteiger partial charge in [-0.05, 0) is 0 Å². The molecule has 0 bridgehead atoms. The SMILES string of the molecule is NNc1nc2sccn2c1S(=O)(=O)NCc1ccno1. The highest BCUT2D eigenvalue weighted by Crippen LogP contribution is 2.24. The Kier molecular flexibility index (Phi) is 3.17. The van der Waals surface area contributed by atoms with Crippen molar-refractivity contribution in [2.45, 2.75) is 11.6 Å². The molecular weight excluding hydrogens is 304 g/mol. The number of nitrogens with one attached hydrogen (secondary N) is 2. The third-order valence-electron chi connectivity index (χ3n) is 2.54. The second-order valence-electron chi connectivity index (χ2n) is 3.77. The topological polar surface area (TPSA) is 128 Å². The number of aromatic nitrogens is 3. The van der Waals surface area contributed by atoms with Crippen LogP contribution in [0.3, 0.4) is 0 Å². The molecule has 106 valence electrons. The van der Waals surface area contributed by atoms with Crippen molar-refractivity contribution < 1.29 is 12.9 Å². The number of nitrogens with two attached hydrogens (primary N) is 1. The largest absolute Gasteiger partial charge is 0.360 e. The van der Waals surface area contributed by atoms with Crippen molar-refractivity contribution in [3.8, 4) is 0 Å². The lowest BCUT2D eigenvalue weighted by Gasteiger charge is -2.05. The zero-order valence-electron chi connectivity index (χ0n) is 9.98. The molecule has 0 aliphatic carbocycles. The number of hydrogen-bond acceptors (Lipinski definition) is 8. The fourth-order valence-electron chi connectivity index (χ4n) is 1.68. The summed E-state index contributed by atoms with van der Waals surface area (Å²) in [5.41, 5.74) is 2.29. The fraction of sp³-hybridized carbons (Fsp3) is 0.111.